The summed E-state index contributed by atoms with van der Waals surface area (Å²) in [6, 6.07) is 18.5. The summed E-state index contributed by atoms with van der Waals surface area (Å²) in [5, 5.41) is 2.74. The van der Waals surface area contributed by atoms with Crippen molar-refractivity contribution >= 4 is 21.7 Å². The summed E-state index contributed by atoms with van der Waals surface area (Å²) in [5.74, 6) is 5.80. The molecule has 7 heteroatoms. The fourth-order valence-electron chi connectivity index (χ4n) is 2.28. The molecule has 0 saturated carbocycles. The van der Waals surface area contributed by atoms with Crippen molar-refractivity contribution in [2.45, 2.75) is 0 Å². The molecule has 0 atom stereocenters. The lowest BCUT2D eigenvalue weighted by atomic mass is 10.1. The van der Waals surface area contributed by atoms with Crippen molar-refractivity contribution in [3.63, 3.8) is 0 Å². The third kappa shape index (κ3) is 5.69. The van der Waals surface area contributed by atoms with E-state index < -0.39 is 10.1 Å². The van der Waals surface area contributed by atoms with Crippen LogP contribution in [0.1, 0.15) is 21.6 Å². The van der Waals surface area contributed by atoms with Crippen LogP contribution >= 0.6 is 0 Å². The Morgan fingerprint density at radius 1 is 1.00 bits per heavy atom. The Labute approximate surface area is 163 Å². The lowest BCUT2D eigenvalue weighted by Crippen LogP contribution is -2.12. The van der Waals surface area contributed by atoms with Crippen LogP contribution in [-0.2, 0) is 10.1 Å². The van der Waals surface area contributed by atoms with E-state index in [0.717, 1.165) is 6.26 Å². The van der Waals surface area contributed by atoms with Crippen molar-refractivity contribution in [3.05, 3.63) is 89.7 Å². The minimum absolute atomic E-state index is 0.173. The molecule has 0 aliphatic rings. The van der Waals surface area contributed by atoms with E-state index >= 15 is 0 Å². The number of nitrogens with zero attached hydrogens (tertiary/aromatic N) is 1. The van der Waals surface area contributed by atoms with E-state index in [1.165, 1.54) is 12.1 Å². The van der Waals surface area contributed by atoms with E-state index in [4.69, 9.17) is 4.18 Å². The summed E-state index contributed by atoms with van der Waals surface area (Å²) in [7, 11) is -3.59. The lowest BCUT2D eigenvalue weighted by molar-refractivity contribution is 0.102. The van der Waals surface area contributed by atoms with Gasteiger partial charge >= 0.3 is 10.1 Å². The highest BCUT2D eigenvalue weighted by molar-refractivity contribution is 7.86. The minimum Gasteiger partial charge on any atom is -0.383 e. The highest BCUT2D eigenvalue weighted by atomic mass is 32.2. The molecule has 3 aromatic rings. The maximum Gasteiger partial charge on any atom is 0.306 e. The second kappa shape index (κ2) is 8.37. The van der Waals surface area contributed by atoms with Gasteiger partial charge in [0.1, 0.15) is 11.4 Å². The molecule has 1 aromatic heterocycles. The first-order valence-electron chi connectivity index (χ1n) is 8.23. The van der Waals surface area contributed by atoms with Gasteiger partial charge in [0, 0.05) is 23.0 Å². The number of benzene rings is 2. The molecule has 0 unspecified atom stereocenters. The van der Waals surface area contributed by atoms with E-state index in [2.05, 4.69) is 22.1 Å². The number of hydrogen-bond donors (Lipinski definition) is 1. The smallest absolute Gasteiger partial charge is 0.306 e. The van der Waals surface area contributed by atoms with Crippen LogP contribution in [0.15, 0.2) is 72.9 Å². The number of aromatic nitrogens is 1. The lowest BCUT2D eigenvalue weighted by Gasteiger charge is -2.07. The van der Waals surface area contributed by atoms with Crippen molar-refractivity contribution in [2.24, 2.45) is 0 Å². The van der Waals surface area contributed by atoms with E-state index in [1.54, 1.807) is 42.6 Å². The predicted octanol–water partition coefficient (Wildman–Crippen LogP) is 3.07. The molecule has 0 radical (unpaired) electrons. The van der Waals surface area contributed by atoms with E-state index in [0.29, 0.717) is 22.5 Å². The minimum atomic E-state index is -3.59. The zero-order chi connectivity index (χ0) is 20.0. The zero-order valence-corrected chi connectivity index (χ0v) is 15.7. The van der Waals surface area contributed by atoms with E-state index in [1.807, 2.05) is 18.2 Å². The largest absolute Gasteiger partial charge is 0.383 e. The van der Waals surface area contributed by atoms with Crippen LogP contribution in [0, 0.1) is 11.8 Å². The maximum absolute atomic E-state index is 12.5. The third-order valence-electron chi connectivity index (χ3n) is 3.48. The summed E-state index contributed by atoms with van der Waals surface area (Å²) in [6.07, 6.45) is 2.63. The van der Waals surface area contributed by atoms with Gasteiger partial charge < -0.3 is 9.50 Å². The molecule has 28 heavy (non-hydrogen) atoms. The molecule has 0 spiro atoms. The highest BCUT2D eigenvalue weighted by Crippen LogP contribution is 2.18. The van der Waals surface area contributed by atoms with Crippen molar-refractivity contribution in [3.8, 4) is 17.6 Å². The molecule has 0 bridgehead atoms. The molecule has 2 aromatic carbocycles. The summed E-state index contributed by atoms with van der Waals surface area (Å²) in [5.41, 5.74) is 2.30. The standard InChI is InChI=1S/C21H16N2O4S/c1-28(25,26)27-20-12-10-19(11-13-20)23-21(24)17-6-4-5-16(15-17)8-9-18-7-2-3-14-22-18/h2-7,10-15H,1H3,(H,23,24). The SMILES string of the molecule is CS(=O)(=O)Oc1ccc(NC(=O)c2cccc(C#Cc3ccccn3)c2)cc1. The average molecular weight is 392 g/mol. The number of carbonyl (C=O) groups excluding carboxylic acids is 1. The fourth-order valence-corrected chi connectivity index (χ4v) is 2.74. The molecule has 140 valence electrons. The van der Waals surface area contributed by atoms with Gasteiger partial charge in [0.25, 0.3) is 5.91 Å². The number of rotatable bonds is 4. The molecule has 0 saturated heterocycles. The zero-order valence-electron chi connectivity index (χ0n) is 14.9. The maximum atomic E-state index is 12.5. The quantitative estimate of drug-likeness (QED) is 0.545. The van der Waals surface area contributed by atoms with Crippen LogP contribution in [0.25, 0.3) is 0 Å². The van der Waals surface area contributed by atoms with Crippen LogP contribution in [0.5, 0.6) is 5.75 Å². The van der Waals surface area contributed by atoms with Gasteiger partial charge in [-0.2, -0.15) is 8.42 Å². The van der Waals surface area contributed by atoms with E-state index in [9.17, 15) is 13.2 Å². The fraction of sp³-hybridized carbons (Fsp3) is 0.0476. The van der Waals surface area contributed by atoms with Gasteiger partial charge in [-0.25, -0.2) is 4.98 Å². The van der Waals surface area contributed by atoms with Crippen molar-refractivity contribution in [1.29, 1.82) is 0 Å². The van der Waals surface area contributed by atoms with Gasteiger partial charge in [-0.05, 0) is 60.5 Å². The molecule has 1 amide bonds. The van der Waals surface area contributed by atoms with Crippen LogP contribution in [0.4, 0.5) is 5.69 Å². The Bertz CT molecular complexity index is 1150. The Balaban J connectivity index is 1.70. The van der Waals surface area contributed by atoms with Gasteiger partial charge in [0.05, 0.1) is 6.26 Å². The Morgan fingerprint density at radius 3 is 2.46 bits per heavy atom. The molecular weight excluding hydrogens is 376 g/mol. The average Bonchev–Trinajstić information content (AvgIpc) is 2.68. The Kier molecular flexibility index (Phi) is 5.72. The first-order chi connectivity index (χ1) is 13.4. The molecule has 0 aliphatic heterocycles. The van der Waals surface area contributed by atoms with Crippen LogP contribution < -0.4 is 9.50 Å². The highest BCUT2D eigenvalue weighted by Gasteiger charge is 2.08. The molecule has 6 nitrogen and oxygen atoms in total. The monoisotopic (exact) mass is 392 g/mol. The van der Waals surface area contributed by atoms with E-state index in [-0.39, 0.29) is 11.7 Å². The topological polar surface area (TPSA) is 85.4 Å². The van der Waals surface area contributed by atoms with Crippen molar-refractivity contribution in [1.82, 2.24) is 4.98 Å². The molecular formula is C21H16N2O4S. The molecule has 1 N–H and O–H groups in total. The normalized spacial score (nSPS) is 10.5. The second-order valence-electron chi connectivity index (χ2n) is 5.81. The summed E-state index contributed by atoms with van der Waals surface area (Å²) in [4.78, 5) is 16.6. The first-order valence-corrected chi connectivity index (χ1v) is 10.0. The number of amides is 1. The third-order valence-corrected chi connectivity index (χ3v) is 3.98. The van der Waals surface area contributed by atoms with Gasteiger partial charge in [0.2, 0.25) is 0 Å². The van der Waals surface area contributed by atoms with Crippen LogP contribution in [0.3, 0.4) is 0 Å². The van der Waals surface area contributed by atoms with Crippen molar-refractivity contribution < 1.29 is 17.4 Å². The Morgan fingerprint density at radius 2 is 1.79 bits per heavy atom. The van der Waals surface area contributed by atoms with Gasteiger partial charge in [-0.15, -0.1) is 0 Å². The van der Waals surface area contributed by atoms with Gasteiger partial charge in [-0.3, -0.25) is 4.79 Å². The predicted molar refractivity (Wildman–Crippen MR) is 107 cm³/mol. The number of nitrogens with one attached hydrogen (secondary N) is 1. The number of pyridine rings is 1. The molecule has 0 aliphatic carbocycles. The summed E-state index contributed by atoms with van der Waals surface area (Å²) < 4.78 is 27.0. The second-order valence-corrected chi connectivity index (χ2v) is 7.39. The number of hydrogen-bond acceptors (Lipinski definition) is 5. The van der Waals surface area contributed by atoms with Crippen LogP contribution in [-0.4, -0.2) is 25.6 Å². The number of anilines is 1. The molecule has 3 rings (SSSR count). The summed E-state index contributed by atoms with van der Waals surface area (Å²) in [6.45, 7) is 0. The van der Waals surface area contributed by atoms with Crippen LogP contribution in [0.2, 0.25) is 0 Å². The number of carbonyl (C=O) groups is 1. The molecule has 0 fully saturated rings. The van der Waals surface area contributed by atoms with Gasteiger partial charge in [0.15, 0.2) is 0 Å². The Hall–Kier alpha value is -3.63. The first kappa shape index (κ1) is 19.1. The summed E-state index contributed by atoms with van der Waals surface area (Å²) >= 11 is 0. The van der Waals surface area contributed by atoms with Gasteiger partial charge in [-0.1, -0.05) is 18.1 Å². The molecule has 1 heterocycles. The van der Waals surface area contributed by atoms with Crippen molar-refractivity contribution in [2.75, 3.05) is 11.6 Å².